The van der Waals surface area contributed by atoms with Gasteiger partial charge in [-0.15, -0.1) is 0 Å². The van der Waals surface area contributed by atoms with Crippen LogP contribution < -0.4 is 9.47 Å². The third kappa shape index (κ3) is 5.21. The number of methoxy groups -OCH3 is 1. The van der Waals surface area contributed by atoms with Crippen LogP contribution in [0.3, 0.4) is 0 Å². The Morgan fingerprint density at radius 1 is 1.25 bits per heavy atom. The van der Waals surface area contributed by atoms with Crippen LogP contribution in [0.5, 0.6) is 17.4 Å². The molecule has 0 radical (unpaired) electrons. The molecule has 1 aromatic heterocycles. The summed E-state index contributed by atoms with van der Waals surface area (Å²) in [5, 5.41) is 10.2. The highest BCUT2D eigenvalue weighted by Crippen LogP contribution is 2.35. The van der Waals surface area contributed by atoms with Crippen LogP contribution in [-0.4, -0.2) is 52.2 Å². The van der Waals surface area contributed by atoms with Gasteiger partial charge in [0.2, 0.25) is 5.88 Å². The molecular weight excluding hydrogens is 442 g/mol. The van der Waals surface area contributed by atoms with Crippen LogP contribution in [0, 0.1) is 10.1 Å². The SMILES string of the molecule is CCOC(=O)CN1C(=O)SC(=Cc2ccc(Oc3ccc([N+](=O)[O-])cn3)c(OC)c2)C1=O. The Morgan fingerprint density at radius 2 is 2.03 bits per heavy atom. The topological polar surface area (TPSA) is 138 Å². The first-order chi connectivity index (χ1) is 15.3. The van der Waals surface area contributed by atoms with E-state index in [1.807, 2.05) is 0 Å². The fourth-order valence-corrected chi connectivity index (χ4v) is 3.47. The number of esters is 1. The number of amides is 2. The number of carbonyl (C=O) groups is 3. The predicted octanol–water partition coefficient (Wildman–Crippen LogP) is 3.39. The highest BCUT2D eigenvalue weighted by molar-refractivity contribution is 8.18. The van der Waals surface area contributed by atoms with Gasteiger partial charge in [-0.2, -0.15) is 0 Å². The van der Waals surface area contributed by atoms with Gasteiger partial charge in [-0.1, -0.05) is 6.07 Å². The second-order valence-electron chi connectivity index (χ2n) is 6.20. The second kappa shape index (κ2) is 9.92. The molecule has 0 unspecified atom stereocenters. The number of thioether (sulfide) groups is 1. The molecule has 32 heavy (non-hydrogen) atoms. The molecule has 0 N–H and O–H groups in total. The number of hydrogen-bond acceptors (Lipinski definition) is 10. The van der Waals surface area contributed by atoms with Crippen LogP contribution in [0.15, 0.2) is 41.4 Å². The summed E-state index contributed by atoms with van der Waals surface area (Å²) >= 11 is 0.714. The van der Waals surface area contributed by atoms with E-state index in [1.165, 1.54) is 25.3 Å². The Balaban J connectivity index is 1.77. The van der Waals surface area contributed by atoms with Crippen molar-refractivity contribution in [3.8, 4) is 17.4 Å². The van der Waals surface area contributed by atoms with Gasteiger partial charge in [0.05, 0.1) is 23.5 Å². The quantitative estimate of drug-likeness (QED) is 0.250. The molecule has 0 bridgehead atoms. The summed E-state index contributed by atoms with van der Waals surface area (Å²) in [6.07, 6.45) is 2.56. The molecule has 0 aliphatic carbocycles. The van der Waals surface area contributed by atoms with E-state index in [2.05, 4.69) is 4.98 Å². The van der Waals surface area contributed by atoms with Crippen molar-refractivity contribution in [1.29, 1.82) is 0 Å². The van der Waals surface area contributed by atoms with E-state index in [9.17, 15) is 24.5 Å². The number of aromatic nitrogens is 1. The molecule has 0 saturated carbocycles. The Kier molecular flexibility index (Phi) is 7.05. The summed E-state index contributed by atoms with van der Waals surface area (Å²) in [5.74, 6) is -0.533. The van der Waals surface area contributed by atoms with Crippen molar-refractivity contribution in [2.24, 2.45) is 0 Å². The number of hydrogen-bond donors (Lipinski definition) is 0. The van der Waals surface area contributed by atoms with Crippen molar-refractivity contribution in [2.75, 3.05) is 20.3 Å². The molecule has 12 heteroatoms. The van der Waals surface area contributed by atoms with Gasteiger partial charge < -0.3 is 14.2 Å². The predicted molar refractivity (Wildman–Crippen MR) is 113 cm³/mol. The van der Waals surface area contributed by atoms with E-state index in [4.69, 9.17) is 14.2 Å². The van der Waals surface area contributed by atoms with Crippen LogP contribution in [-0.2, 0) is 14.3 Å². The zero-order valence-electron chi connectivity index (χ0n) is 17.0. The lowest BCUT2D eigenvalue weighted by Gasteiger charge is -2.11. The number of imide groups is 1. The summed E-state index contributed by atoms with van der Waals surface area (Å²) in [7, 11) is 1.42. The summed E-state index contributed by atoms with van der Waals surface area (Å²) in [6, 6.07) is 7.39. The molecule has 1 fully saturated rings. The zero-order valence-corrected chi connectivity index (χ0v) is 17.8. The average Bonchev–Trinajstić information content (AvgIpc) is 3.02. The summed E-state index contributed by atoms with van der Waals surface area (Å²) < 4.78 is 15.7. The molecule has 2 aromatic rings. The number of nitro groups is 1. The third-order valence-electron chi connectivity index (χ3n) is 4.10. The molecule has 1 saturated heterocycles. The number of benzene rings is 1. The number of rotatable bonds is 8. The Hall–Kier alpha value is -3.93. The lowest BCUT2D eigenvalue weighted by Crippen LogP contribution is -2.34. The van der Waals surface area contributed by atoms with Gasteiger partial charge >= 0.3 is 5.97 Å². The van der Waals surface area contributed by atoms with E-state index in [-0.39, 0.29) is 23.1 Å². The first-order valence-electron chi connectivity index (χ1n) is 9.19. The molecule has 3 rings (SSSR count). The molecule has 0 spiro atoms. The summed E-state index contributed by atoms with van der Waals surface area (Å²) in [6.45, 7) is 1.33. The van der Waals surface area contributed by atoms with Crippen molar-refractivity contribution >= 4 is 40.6 Å². The minimum Gasteiger partial charge on any atom is -0.493 e. The van der Waals surface area contributed by atoms with Crippen LogP contribution in [0.1, 0.15) is 12.5 Å². The van der Waals surface area contributed by atoms with Crippen molar-refractivity contribution in [3.05, 3.63) is 57.1 Å². The van der Waals surface area contributed by atoms with Gasteiger partial charge in [0, 0.05) is 12.1 Å². The largest absolute Gasteiger partial charge is 0.493 e. The maximum absolute atomic E-state index is 12.5. The number of pyridine rings is 1. The Bertz CT molecular complexity index is 1100. The Labute approximate surface area is 186 Å². The highest BCUT2D eigenvalue weighted by Gasteiger charge is 2.36. The number of ether oxygens (including phenoxy) is 3. The van der Waals surface area contributed by atoms with Crippen molar-refractivity contribution in [3.63, 3.8) is 0 Å². The van der Waals surface area contributed by atoms with Gasteiger partial charge in [-0.3, -0.25) is 29.4 Å². The zero-order chi connectivity index (χ0) is 23.3. The average molecular weight is 459 g/mol. The maximum atomic E-state index is 12.5. The first-order valence-corrected chi connectivity index (χ1v) is 10.0. The summed E-state index contributed by atoms with van der Waals surface area (Å²) in [4.78, 5) is 51.2. The molecule has 2 amide bonds. The molecule has 1 aliphatic rings. The molecule has 2 heterocycles. The first kappa shape index (κ1) is 22.7. The van der Waals surface area contributed by atoms with Crippen molar-refractivity contribution in [2.45, 2.75) is 6.92 Å². The van der Waals surface area contributed by atoms with Crippen molar-refractivity contribution < 1.29 is 33.5 Å². The van der Waals surface area contributed by atoms with Crippen LogP contribution in [0.4, 0.5) is 10.5 Å². The van der Waals surface area contributed by atoms with E-state index in [0.29, 0.717) is 28.8 Å². The lowest BCUT2D eigenvalue weighted by atomic mass is 10.2. The minimum atomic E-state index is -0.668. The smallest absolute Gasteiger partial charge is 0.326 e. The van der Waals surface area contributed by atoms with Gasteiger partial charge in [-0.05, 0) is 42.5 Å². The highest BCUT2D eigenvalue weighted by atomic mass is 32.2. The van der Waals surface area contributed by atoms with Crippen molar-refractivity contribution in [1.82, 2.24) is 9.88 Å². The van der Waals surface area contributed by atoms with Crippen LogP contribution >= 0.6 is 11.8 Å². The fourth-order valence-electron chi connectivity index (χ4n) is 2.64. The lowest BCUT2D eigenvalue weighted by molar-refractivity contribution is -0.385. The molecule has 1 aromatic carbocycles. The number of nitrogens with zero attached hydrogens (tertiary/aromatic N) is 3. The standard InChI is InChI=1S/C20H17N3O8S/c1-3-30-18(24)11-22-19(25)16(32-20(22)26)9-12-4-6-14(15(8-12)29-2)31-17-7-5-13(10-21-17)23(27)28/h4-10H,3,11H2,1-2H3. The fraction of sp³-hybridized carbons (Fsp3) is 0.200. The molecule has 166 valence electrons. The van der Waals surface area contributed by atoms with E-state index >= 15 is 0 Å². The molecule has 0 atom stereocenters. The monoisotopic (exact) mass is 459 g/mol. The van der Waals surface area contributed by atoms with Crippen LogP contribution in [0.2, 0.25) is 0 Å². The van der Waals surface area contributed by atoms with Gasteiger partial charge in [0.25, 0.3) is 16.8 Å². The van der Waals surface area contributed by atoms with E-state index in [1.54, 1.807) is 25.1 Å². The van der Waals surface area contributed by atoms with Gasteiger partial charge in [0.15, 0.2) is 11.5 Å². The second-order valence-corrected chi connectivity index (χ2v) is 7.19. The Morgan fingerprint density at radius 3 is 2.66 bits per heavy atom. The summed E-state index contributed by atoms with van der Waals surface area (Å²) in [5.41, 5.74) is 0.379. The molecular formula is C20H17N3O8S. The van der Waals surface area contributed by atoms with Gasteiger partial charge in [0.1, 0.15) is 12.7 Å². The molecule has 11 nitrogen and oxygen atoms in total. The normalized spacial score (nSPS) is 14.6. The third-order valence-corrected chi connectivity index (χ3v) is 5.01. The van der Waals surface area contributed by atoms with Gasteiger partial charge in [-0.25, -0.2) is 4.98 Å². The van der Waals surface area contributed by atoms with E-state index in [0.717, 1.165) is 11.1 Å². The number of carbonyl (C=O) groups excluding carboxylic acids is 3. The minimum absolute atomic E-state index is 0.127. The molecule has 1 aliphatic heterocycles. The van der Waals surface area contributed by atoms with Crippen LogP contribution in [0.25, 0.3) is 6.08 Å². The maximum Gasteiger partial charge on any atom is 0.326 e. The van der Waals surface area contributed by atoms with E-state index < -0.39 is 28.6 Å².